The Morgan fingerprint density at radius 2 is 2.00 bits per heavy atom. The van der Waals surface area contributed by atoms with Crippen LogP contribution in [0, 0.1) is 13.8 Å². The number of aromatic nitrogens is 3. The Balaban J connectivity index is 1.84. The second-order valence-corrected chi connectivity index (χ2v) is 8.32. The third kappa shape index (κ3) is 3.11. The van der Waals surface area contributed by atoms with Crippen LogP contribution in [0.15, 0.2) is 24.3 Å². The van der Waals surface area contributed by atoms with Crippen molar-refractivity contribution in [3.63, 3.8) is 0 Å². The number of benzene rings is 1. The van der Waals surface area contributed by atoms with E-state index in [1.165, 1.54) is 27.4 Å². The molecule has 26 heavy (non-hydrogen) atoms. The second kappa shape index (κ2) is 6.64. The van der Waals surface area contributed by atoms with Gasteiger partial charge in [0.15, 0.2) is 6.04 Å². The summed E-state index contributed by atoms with van der Waals surface area (Å²) in [4.78, 5) is 7.50. The van der Waals surface area contributed by atoms with Crippen LogP contribution in [0.4, 0.5) is 0 Å². The van der Waals surface area contributed by atoms with Crippen molar-refractivity contribution in [2.45, 2.75) is 45.9 Å². The van der Waals surface area contributed by atoms with Crippen LogP contribution in [-0.4, -0.2) is 45.0 Å². The maximum Gasteiger partial charge on any atom is 0.235 e. The fourth-order valence-electron chi connectivity index (χ4n) is 4.01. The second-order valence-electron chi connectivity index (χ2n) is 7.31. The number of rotatable bonds is 3. The zero-order valence-electron chi connectivity index (χ0n) is 15.6. The molecule has 3 heterocycles. The third-order valence-corrected chi connectivity index (χ3v) is 6.00. The molecule has 0 bridgehead atoms. The molecule has 0 radical (unpaired) electrons. The van der Waals surface area contributed by atoms with Crippen molar-refractivity contribution in [3.8, 4) is 5.88 Å². The van der Waals surface area contributed by atoms with Crippen molar-refractivity contribution in [3.05, 3.63) is 46.1 Å². The average Bonchev–Trinajstić information content (AvgIpc) is 3.05. The Bertz CT molecular complexity index is 925. The number of nitrogens with zero attached hydrogens (tertiary/aromatic N) is 3. The number of aromatic hydroxyl groups is 1. The molecule has 1 fully saturated rings. The van der Waals surface area contributed by atoms with Crippen LogP contribution in [0.25, 0.3) is 4.96 Å². The third-order valence-electron chi connectivity index (χ3n) is 4.92. The summed E-state index contributed by atoms with van der Waals surface area (Å²) >= 11 is 1.53. The Kier molecular flexibility index (Phi) is 4.46. The van der Waals surface area contributed by atoms with Crippen LogP contribution < -0.4 is 4.90 Å². The van der Waals surface area contributed by atoms with E-state index in [-0.39, 0.29) is 24.1 Å². The standard InChI is InChI=1S/C19H24N4O2S/c1-11-6-5-7-15(8-11)16(22-9-12(2)25-13(3)10-22)17-18(24)23-19(26-17)20-14(4)21-23/h5-8,12-13,16,24H,9-10H2,1-4H3/p+1/t12-,13+,16-/m0/s1. The predicted octanol–water partition coefficient (Wildman–Crippen LogP) is 1.89. The molecule has 1 aliphatic heterocycles. The molecule has 3 aromatic rings. The van der Waals surface area contributed by atoms with E-state index in [9.17, 15) is 5.11 Å². The lowest BCUT2D eigenvalue weighted by molar-refractivity contribution is -0.939. The van der Waals surface area contributed by atoms with Crippen LogP contribution in [0.5, 0.6) is 5.88 Å². The number of nitrogens with one attached hydrogen (secondary N) is 1. The van der Waals surface area contributed by atoms with Gasteiger partial charge in [0.2, 0.25) is 10.8 Å². The summed E-state index contributed by atoms with van der Waals surface area (Å²) in [5, 5.41) is 15.2. The quantitative estimate of drug-likeness (QED) is 0.736. The SMILES string of the molecule is Cc1cccc([C@@H](c2sc3nc(C)nn3c2O)[NH+]2C[C@@H](C)O[C@@H](C)C2)c1. The molecule has 0 amide bonds. The van der Waals surface area contributed by atoms with Crippen molar-refractivity contribution in [2.75, 3.05) is 13.1 Å². The molecule has 0 aliphatic carbocycles. The van der Waals surface area contributed by atoms with Crippen molar-refractivity contribution in [1.82, 2.24) is 14.6 Å². The minimum Gasteiger partial charge on any atom is -0.492 e. The number of thiazole rings is 1. The van der Waals surface area contributed by atoms with Gasteiger partial charge in [-0.2, -0.15) is 4.52 Å². The van der Waals surface area contributed by atoms with Crippen molar-refractivity contribution in [1.29, 1.82) is 0 Å². The Labute approximate surface area is 157 Å². The maximum atomic E-state index is 10.9. The number of morpholine rings is 1. The molecule has 1 saturated heterocycles. The molecule has 7 heteroatoms. The molecule has 2 N–H and O–H groups in total. The summed E-state index contributed by atoms with van der Waals surface area (Å²) in [5.74, 6) is 0.877. The molecule has 6 nitrogen and oxygen atoms in total. The summed E-state index contributed by atoms with van der Waals surface area (Å²) < 4.78 is 7.50. The highest BCUT2D eigenvalue weighted by atomic mass is 32.1. The van der Waals surface area contributed by atoms with Gasteiger partial charge >= 0.3 is 0 Å². The van der Waals surface area contributed by atoms with Gasteiger partial charge in [0.1, 0.15) is 36.0 Å². The summed E-state index contributed by atoms with van der Waals surface area (Å²) in [6.45, 7) is 9.98. The number of hydrogen-bond acceptors (Lipinski definition) is 5. The van der Waals surface area contributed by atoms with Crippen molar-refractivity contribution in [2.24, 2.45) is 0 Å². The predicted molar refractivity (Wildman–Crippen MR) is 101 cm³/mol. The molecular weight excluding hydrogens is 348 g/mol. The van der Waals surface area contributed by atoms with E-state index < -0.39 is 0 Å². The van der Waals surface area contributed by atoms with Crippen molar-refractivity contribution >= 4 is 16.3 Å². The molecule has 4 rings (SSSR count). The molecule has 1 aromatic carbocycles. The van der Waals surface area contributed by atoms with Gasteiger partial charge in [-0.25, -0.2) is 4.98 Å². The Morgan fingerprint density at radius 3 is 2.65 bits per heavy atom. The minimum absolute atomic E-state index is 0.0394. The van der Waals surface area contributed by atoms with Gasteiger partial charge < -0.3 is 14.7 Å². The molecule has 138 valence electrons. The first-order valence-corrected chi connectivity index (χ1v) is 9.85. The zero-order chi connectivity index (χ0) is 18.4. The van der Waals surface area contributed by atoms with Gasteiger partial charge in [-0.3, -0.25) is 0 Å². The highest BCUT2D eigenvalue weighted by Crippen LogP contribution is 2.35. The Hall–Kier alpha value is -1.96. The average molecular weight is 374 g/mol. The maximum absolute atomic E-state index is 10.9. The number of quaternary nitrogens is 1. The van der Waals surface area contributed by atoms with Crippen LogP contribution in [0.2, 0.25) is 0 Å². The van der Waals surface area contributed by atoms with Gasteiger partial charge in [-0.05, 0) is 33.8 Å². The summed E-state index contributed by atoms with van der Waals surface area (Å²) in [6, 6.07) is 8.59. The highest BCUT2D eigenvalue weighted by molar-refractivity contribution is 7.17. The normalized spacial score (nSPS) is 24.8. The van der Waals surface area contributed by atoms with E-state index >= 15 is 0 Å². The lowest BCUT2D eigenvalue weighted by atomic mass is 10.00. The first-order chi connectivity index (χ1) is 12.4. The lowest BCUT2D eigenvalue weighted by Crippen LogP contribution is -3.15. The monoisotopic (exact) mass is 373 g/mol. The fourth-order valence-corrected chi connectivity index (χ4v) is 5.20. The number of hydrogen-bond donors (Lipinski definition) is 2. The molecule has 1 aliphatic rings. The van der Waals surface area contributed by atoms with E-state index in [0.717, 1.165) is 22.9 Å². The molecule has 2 aromatic heterocycles. The molecule has 0 spiro atoms. The van der Waals surface area contributed by atoms with E-state index in [0.29, 0.717) is 5.82 Å². The van der Waals surface area contributed by atoms with Crippen molar-refractivity contribution < 1.29 is 14.7 Å². The summed E-state index contributed by atoms with van der Waals surface area (Å²) in [6.07, 6.45) is 0.375. The van der Waals surface area contributed by atoms with Crippen LogP contribution in [-0.2, 0) is 4.74 Å². The number of ether oxygens (including phenoxy) is 1. The first kappa shape index (κ1) is 17.5. The Morgan fingerprint density at radius 1 is 1.27 bits per heavy atom. The summed E-state index contributed by atoms with van der Waals surface area (Å²) in [7, 11) is 0. The fraction of sp³-hybridized carbons (Fsp3) is 0.474. The zero-order valence-corrected chi connectivity index (χ0v) is 16.4. The van der Waals surface area contributed by atoms with E-state index in [4.69, 9.17) is 4.74 Å². The van der Waals surface area contributed by atoms with E-state index in [1.807, 2.05) is 6.92 Å². The van der Waals surface area contributed by atoms with Crippen LogP contribution >= 0.6 is 11.3 Å². The molecule has 4 atom stereocenters. The molecular formula is C19H25N4O2S+. The topological polar surface area (TPSA) is 64.1 Å². The number of aryl methyl sites for hydroxylation is 2. The first-order valence-electron chi connectivity index (χ1n) is 9.04. The van der Waals surface area contributed by atoms with E-state index in [1.54, 1.807) is 4.52 Å². The lowest BCUT2D eigenvalue weighted by Gasteiger charge is -2.37. The highest BCUT2D eigenvalue weighted by Gasteiger charge is 2.37. The summed E-state index contributed by atoms with van der Waals surface area (Å²) in [5.41, 5.74) is 2.42. The smallest absolute Gasteiger partial charge is 0.235 e. The van der Waals surface area contributed by atoms with Gasteiger partial charge in [0.05, 0.1) is 0 Å². The van der Waals surface area contributed by atoms with Gasteiger partial charge in [0, 0.05) is 5.56 Å². The van der Waals surface area contributed by atoms with Gasteiger partial charge in [0.25, 0.3) is 0 Å². The van der Waals surface area contributed by atoms with E-state index in [2.05, 4.69) is 55.1 Å². The van der Waals surface area contributed by atoms with Gasteiger partial charge in [-0.15, -0.1) is 5.10 Å². The largest absolute Gasteiger partial charge is 0.492 e. The van der Waals surface area contributed by atoms with Gasteiger partial charge in [-0.1, -0.05) is 35.1 Å². The minimum atomic E-state index is 0.0394. The number of fused-ring (bicyclic) bond motifs is 1. The molecule has 0 saturated carbocycles. The molecule has 1 unspecified atom stereocenters. The van der Waals surface area contributed by atoms with Crippen LogP contribution in [0.1, 0.15) is 41.7 Å². The van der Waals surface area contributed by atoms with Crippen LogP contribution in [0.3, 0.4) is 0 Å².